The van der Waals surface area contributed by atoms with Gasteiger partial charge in [-0.2, -0.15) is 0 Å². The summed E-state index contributed by atoms with van der Waals surface area (Å²) in [6, 6.07) is 0. The molecule has 0 fully saturated rings. The fraction of sp³-hybridized carbons (Fsp3) is 0.273. The standard InChI is InChI=1S/C11H13N5O2S3/c1-7-13-5-8(20-7)6-14-21(17,18)10-9(12-2)15-11-16(10)3-4-19-11/h3-5,12,14H,6H2,1-2H3. The Balaban J connectivity index is 1.94. The Kier molecular flexibility index (Phi) is 3.69. The third-order valence-electron chi connectivity index (χ3n) is 2.82. The molecule has 3 heterocycles. The average molecular weight is 343 g/mol. The molecule has 10 heteroatoms. The number of rotatable bonds is 5. The average Bonchev–Trinajstić information content (AvgIpc) is 3.10. The minimum absolute atomic E-state index is 0.127. The van der Waals surface area contributed by atoms with Crippen LogP contribution in [0.1, 0.15) is 9.88 Å². The molecule has 0 radical (unpaired) electrons. The fourth-order valence-corrected chi connectivity index (χ4v) is 4.79. The van der Waals surface area contributed by atoms with Crippen molar-refractivity contribution in [1.29, 1.82) is 0 Å². The Labute approximate surface area is 129 Å². The predicted octanol–water partition coefficient (Wildman–Crippen LogP) is 1.68. The molecule has 21 heavy (non-hydrogen) atoms. The van der Waals surface area contributed by atoms with Gasteiger partial charge in [-0.25, -0.2) is 23.1 Å². The molecule has 2 N–H and O–H groups in total. The number of anilines is 1. The molecule has 3 aromatic rings. The lowest BCUT2D eigenvalue weighted by atomic mass is 10.6. The highest BCUT2D eigenvalue weighted by Gasteiger charge is 2.25. The van der Waals surface area contributed by atoms with Gasteiger partial charge in [0.2, 0.25) is 0 Å². The number of sulfonamides is 1. The molecule has 0 amide bonds. The molecule has 0 saturated heterocycles. The summed E-state index contributed by atoms with van der Waals surface area (Å²) in [4.78, 5) is 9.87. The van der Waals surface area contributed by atoms with E-state index in [9.17, 15) is 8.42 Å². The van der Waals surface area contributed by atoms with Crippen LogP contribution >= 0.6 is 22.7 Å². The van der Waals surface area contributed by atoms with E-state index in [0.29, 0.717) is 10.8 Å². The lowest BCUT2D eigenvalue weighted by Crippen LogP contribution is -2.24. The topological polar surface area (TPSA) is 88.4 Å². The minimum atomic E-state index is -3.67. The number of imidazole rings is 1. The zero-order valence-electron chi connectivity index (χ0n) is 11.3. The SMILES string of the molecule is CNc1nc2sccn2c1S(=O)(=O)NCc1cnc(C)s1. The van der Waals surface area contributed by atoms with Gasteiger partial charge in [-0.1, -0.05) is 0 Å². The van der Waals surface area contributed by atoms with Crippen LogP contribution in [0.2, 0.25) is 0 Å². The lowest BCUT2D eigenvalue weighted by Gasteiger charge is -2.06. The predicted molar refractivity (Wildman–Crippen MR) is 83.5 cm³/mol. The Morgan fingerprint density at radius 1 is 1.43 bits per heavy atom. The summed E-state index contributed by atoms with van der Waals surface area (Å²) >= 11 is 2.85. The number of hydrogen-bond donors (Lipinski definition) is 2. The highest BCUT2D eigenvalue weighted by atomic mass is 32.2. The smallest absolute Gasteiger partial charge is 0.260 e. The minimum Gasteiger partial charge on any atom is -0.371 e. The maximum absolute atomic E-state index is 12.5. The van der Waals surface area contributed by atoms with E-state index in [2.05, 4.69) is 20.0 Å². The van der Waals surface area contributed by atoms with Crippen LogP contribution in [0.3, 0.4) is 0 Å². The molecule has 3 rings (SSSR count). The quantitative estimate of drug-likeness (QED) is 0.736. The van der Waals surface area contributed by atoms with E-state index in [0.717, 1.165) is 9.88 Å². The van der Waals surface area contributed by atoms with Gasteiger partial charge in [0.15, 0.2) is 15.8 Å². The van der Waals surface area contributed by atoms with Crippen LogP contribution in [0, 0.1) is 6.92 Å². The number of thiazole rings is 2. The number of aryl methyl sites for hydroxylation is 1. The van der Waals surface area contributed by atoms with Gasteiger partial charge in [-0.05, 0) is 6.92 Å². The first-order valence-corrected chi connectivity index (χ1v) is 9.23. The van der Waals surface area contributed by atoms with E-state index < -0.39 is 10.0 Å². The molecule has 7 nitrogen and oxygen atoms in total. The van der Waals surface area contributed by atoms with E-state index in [1.165, 1.54) is 22.7 Å². The van der Waals surface area contributed by atoms with Crippen LogP contribution in [-0.2, 0) is 16.6 Å². The Morgan fingerprint density at radius 3 is 2.90 bits per heavy atom. The Bertz CT molecular complexity index is 877. The number of hydrogen-bond acceptors (Lipinski definition) is 7. The second kappa shape index (κ2) is 5.37. The van der Waals surface area contributed by atoms with Crippen LogP contribution in [-0.4, -0.2) is 29.8 Å². The summed E-state index contributed by atoms with van der Waals surface area (Å²) in [6.07, 6.45) is 3.37. The zero-order chi connectivity index (χ0) is 15.0. The van der Waals surface area contributed by atoms with E-state index >= 15 is 0 Å². The van der Waals surface area contributed by atoms with Gasteiger partial charge in [0.05, 0.1) is 5.01 Å². The van der Waals surface area contributed by atoms with Crippen molar-refractivity contribution in [2.24, 2.45) is 0 Å². The van der Waals surface area contributed by atoms with Crippen molar-refractivity contribution in [3.63, 3.8) is 0 Å². The molecule has 0 aliphatic rings. The summed E-state index contributed by atoms with van der Waals surface area (Å²) in [5.41, 5.74) is 0. The summed E-state index contributed by atoms with van der Waals surface area (Å²) in [7, 11) is -2.02. The first-order valence-electron chi connectivity index (χ1n) is 6.05. The Hall–Kier alpha value is -1.49. The van der Waals surface area contributed by atoms with Crippen LogP contribution in [0.4, 0.5) is 5.82 Å². The van der Waals surface area contributed by atoms with Gasteiger partial charge in [0.25, 0.3) is 10.0 Å². The lowest BCUT2D eigenvalue weighted by molar-refractivity contribution is 0.577. The highest BCUT2D eigenvalue weighted by molar-refractivity contribution is 7.89. The number of nitrogens with zero attached hydrogens (tertiary/aromatic N) is 3. The molecular weight excluding hydrogens is 330 g/mol. The van der Waals surface area contributed by atoms with Crippen molar-refractivity contribution in [2.45, 2.75) is 18.5 Å². The normalized spacial score (nSPS) is 12.1. The highest BCUT2D eigenvalue weighted by Crippen LogP contribution is 2.25. The van der Waals surface area contributed by atoms with Crippen LogP contribution in [0.25, 0.3) is 4.96 Å². The molecule has 0 aromatic carbocycles. The van der Waals surface area contributed by atoms with Crippen molar-refractivity contribution < 1.29 is 8.42 Å². The molecule has 112 valence electrons. The van der Waals surface area contributed by atoms with Gasteiger partial charge >= 0.3 is 0 Å². The largest absolute Gasteiger partial charge is 0.371 e. The monoisotopic (exact) mass is 343 g/mol. The Morgan fingerprint density at radius 2 is 2.24 bits per heavy atom. The molecule has 0 saturated carbocycles. The van der Waals surface area contributed by atoms with E-state index in [-0.39, 0.29) is 11.6 Å². The molecule has 0 bridgehead atoms. The summed E-state index contributed by atoms with van der Waals surface area (Å²) in [5, 5.41) is 5.66. The van der Waals surface area contributed by atoms with E-state index in [1.54, 1.807) is 29.2 Å². The molecular formula is C11H13N5O2S3. The maximum Gasteiger partial charge on any atom is 0.260 e. The second-order valence-corrected chi connectivity index (χ2v) is 8.12. The fourth-order valence-electron chi connectivity index (χ4n) is 1.91. The van der Waals surface area contributed by atoms with Gasteiger partial charge in [-0.3, -0.25) is 4.40 Å². The van der Waals surface area contributed by atoms with Crippen molar-refractivity contribution in [3.05, 3.63) is 27.7 Å². The summed E-state index contributed by atoms with van der Waals surface area (Å²) in [6.45, 7) is 2.10. The summed E-state index contributed by atoms with van der Waals surface area (Å²) in [5.74, 6) is 0.342. The van der Waals surface area contributed by atoms with Gasteiger partial charge in [-0.15, -0.1) is 22.7 Å². The molecule has 0 atom stereocenters. The molecule has 0 aliphatic heterocycles. The van der Waals surface area contributed by atoms with Gasteiger partial charge < -0.3 is 5.32 Å². The maximum atomic E-state index is 12.5. The van der Waals surface area contributed by atoms with Crippen LogP contribution in [0.15, 0.2) is 22.8 Å². The molecule has 0 aliphatic carbocycles. The summed E-state index contributed by atoms with van der Waals surface area (Å²) < 4.78 is 29.2. The van der Waals surface area contributed by atoms with Crippen LogP contribution < -0.4 is 10.0 Å². The zero-order valence-corrected chi connectivity index (χ0v) is 13.8. The first-order chi connectivity index (χ1) is 10.0. The van der Waals surface area contributed by atoms with Crippen molar-refractivity contribution in [3.8, 4) is 0 Å². The molecule has 3 aromatic heterocycles. The third-order valence-corrected chi connectivity index (χ3v) is 5.91. The number of nitrogens with one attached hydrogen (secondary N) is 2. The molecule has 0 unspecified atom stereocenters. The van der Waals surface area contributed by atoms with Crippen molar-refractivity contribution >= 4 is 43.5 Å². The van der Waals surface area contributed by atoms with E-state index in [4.69, 9.17) is 0 Å². The van der Waals surface area contributed by atoms with Gasteiger partial charge in [0, 0.05) is 36.2 Å². The van der Waals surface area contributed by atoms with Crippen LogP contribution in [0.5, 0.6) is 0 Å². The second-order valence-electron chi connectivity index (χ2n) is 4.24. The first kappa shape index (κ1) is 14.4. The molecule has 0 spiro atoms. The van der Waals surface area contributed by atoms with Crippen molar-refractivity contribution in [1.82, 2.24) is 19.1 Å². The third kappa shape index (κ3) is 2.67. The van der Waals surface area contributed by atoms with E-state index in [1.807, 2.05) is 6.92 Å². The number of fused-ring (bicyclic) bond motifs is 1. The van der Waals surface area contributed by atoms with Gasteiger partial charge in [0.1, 0.15) is 0 Å². The number of aromatic nitrogens is 3. The van der Waals surface area contributed by atoms with Crippen molar-refractivity contribution in [2.75, 3.05) is 12.4 Å².